The van der Waals surface area contributed by atoms with Gasteiger partial charge in [-0.15, -0.1) is 9.05 Å². The second kappa shape index (κ2) is 13.4. The van der Waals surface area contributed by atoms with Crippen LogP contribution in [-0.2, 0) is 33.3 Å². The van der Waals surface area contributed by atoms with Gasteiger partial charge >= 0.3 is 8.17 Å². The summed E-state index contributed by atoms with van der Waals surface area (Å²) in [7, 11) is 1.78. The first-order valence-corrected chi connectivity index (χ1v) is 13.0. The number of methoxy groups -OCH3 is 1. The quantitative estimate of drug-likeness (QED) is 0.226. The van der Waals surface area contributed by atoms with Gasteiger partial charge < -0.3 is 14.2 Å². The normalized spacial score (nSPS) is 26.0. The van der Waals surface area contributed by atoms with Crippen molar-refractivity contribution >= 4 is 26.0 Å². The first-order chi connectivity index (χ1) is 13.6. The van der Waals surface area contributed by atoms with E-state index in [1.54, 1.807) is 13.8 Å². The largest absolute Gasteiger partial charge is 0.577 e. The van der Waals surface area contributed by atoms with E-state index in [2.05, 4.69) is 11.1 Å². The van der Waals surface area contributed by atoms with E-state index in [0.29, 0.717) is 6.42 Å². The Morgan fingerprint density at radius 2 is 1.79 bits per heavy atom. The smallest absolute Gasteiger partial charge is 0.377 e. The van der Waals surface area contributed by atoms with Crippen LogP contribution in [0.25, 0.3) is 0 Å². The lowest BCUT2D eigenvalue weighted by Crippen LogP contribution is -2.37. The zero-order valence-electron chi connectivity index (χ0n) is 18.4. The average Bonchev–Trinajstić information content (AvgIpc) is 2.90. The monoisotopic (exact) mass is 452 g/mol. The number of sulfonamides is 1. The Kier molecular flexibility index (Phi) is 12.4. The molecule has 1 aliphatic heterocycles. The molecule has 0 spiro atoms. The van der Waals surface area contributed by atoms with E-state index in [-0.39, 0.29) is 24.6 Å². The fourth-order valence-corrected chi connectivity index (χ4v) is 5.66. The molecule has 8 nitrogen and oxygen atoms in total. The van der Waals surface area contributed by atoms with E-state index in [9.17, 15) is 8.42 Å². The van der Waals surface area contributed by atoms with E-state index in [4.69, 9.17) is 31.1 Å². The van der Waals surface area contributed by atoms with E-state index < -0.39 is 42.5 Å². The molecule has 1 aliphatic rings. The van der Waals surface area contributed by atoms with E-state index in [1.807, 2.05) is 13.8 Å². The van der Waals surface area contributed by atoms with Crippen molar-refractivity contribution in [2.45, 2.75) is 96.8 Å². The Hall–Kier alpha value is -0.0851. The third kappa shape index (κ3) is 10.2. The van der Waals surface area contributed by atoms with Crippen LogP contribution in [0.5, 0.6) is 0 Å². The van der Waals surface area contributed by atoms with Gasteiger partial charge in [-0.25, -0.2) is 8.42 Å². The summed E-state index contributed by atoms with van der Waals surface area (Å²) >= 11 is 0. The van der Waals surface area contributed by atoms with Gasteiger partial charge in [0, 0.05) is 13.1 Å². The molecule has 29 heavy (non-hydrogen) atoms. The fourth-order valence-electron chi connectivity index (χ4n) is 2.77. The van der Waals surface area contributed by atoms with Crippen LogP contribution in [-0.4, -0.2) is 72.3 Å². The molecule has 0 bridgehead atoms. The topological polar surface area (TPSA) is 92.7 Å². The highest BCUT2D eigenvalue weighted by Gasteiger charge is 2.48. The highest BCUT2D eigenvalue weighted by Crippen LogP contribution is 2.39. The second-order valence-electron chi connectivity index (χ2n) is 7.61. The first kappa shape index (κ1) is 26.9. The summed E-state index contributed by atoms with van der Waals surface area (Å²) < 4.78 is 57.3. The molecule has 1 fully saturated rings. The molecule has 0 saturated carbocycles. The van der Waals surface area contributed by atoms with Crippen LogP contribution >= 0.6 is 8.17 Å². The summed E-state index contributed by atoms with van der Waals surface area (Å²) in [6.45, 7) is 9.73. The Morgan fingerprint density at radius 3 is 2.34 bits per heavy atom. The van der Waals surface area contributed by atoms with Crippen LogP contribution in [0.3, 0.4) is 0 Å². The highest BCUT2D eigenvalue weighted by molar-refractivity contribution is 7.92. The van der Waals surface area contributed by atoms with Gasteiger partial charge in [-0.2, -0.15) is 0 Å². The van der Waals surface area contributed by atoms with Crippen LogP contribution < -0.4 is 0 Å². The van der Waals surface area contributed by atoms with Gasteiger partial charge in [0.15, 0.2) is 6.10 Å². The van der Waals surface area contributed by atoms with Gasteiger partial charge in [-0.05, 0) is 34.1 Å². The molecule has 0 aliphatic carbocycles. The van der Waals surface area contributed by atoms with Crippen LogP contribution in [0.1, 0.15) is 60.3 Å². The minimum Gasteiger partial charge on any atom is -0.377 e. The number of ether oxygens (including phenoxy) is 3. The van der Waals surface area contributed by atoms with Gasteiger partial charge in [-0.3, -0.25) is 0 Å². The zero-order valence-corrected chi connectivity index (χ0v) is 20.2. The Balaban J connectivity index is 2.97. The minimum absolute atomic E-state index is 0.00122. The molecule has 0 aromatic rings. The summed E-state index contributed by atoms with van der Waals surface area (Å²) in [5.41, 5.74) is 0. The summed E-state index contributed by atoms with van der Waals surface area (Å²) in [4.78, 5) is 0. The molecule has 11 heteroatoms. The first-order valence-electron chi connectivity index (χ1n) is 10.2. The predicted octanol–water partition coefficient (Wildman–Crippen LogP) is 3.54. The van der Waals surface area contributed by atoms with E-state index >= 15 is 0 Å². The Labute approximate surface area is 178 Å². The lowest BCUT2D eigenvalue weighted by Gasteiger charge is -2.19. The maximum atomic E-state index is 12.4. The predicted molar refractivity (Wildman–Crippen MR) is 115 cm³/mol. The van der Waals surface area contributed by atoms with Gasteiger partial charge in [0.05, 0.1) is 22.6 Å². The molecule has 1 heterocycles. The standard InChI is InChI=1S/C18H36BNO7PS/c1-7-8-9-10-11-29(21,22)20-28(26-14(4)5)27-16-15(12-24-13(2)3)25-18(19)17(16)23-6/h13-18H,7-12H2,1-6H3/q+1/t15-,16?,17+,18-/m1/s1. The number of nitrogens with zero attached hydrogens (tertiary/aromatic N) is 1. The van der Waals surface area contributed by atoms with Crippen molar-refractivity contribution < 1.29 is 31.7 Å². The average molecular weight is 452 g/mol. The molecule has 0 amide bonds. The molecule has 1 rings (SSSR count). The third-order valence-corrected chi connectivity index (χ3v) is 7.53. The van der Waals surface area contributed by atoms with Crippen LogP contribution in [0.15, 0.2) is 4.15 Å². The third-order valence-electron chi connectivity index (χ3n) is 4.17. The van der Waals surface area contributed by atoms with Crippen LogP contribution in [0, 0.1) is 0 Å². The lowest BCUT2D eigenvalue weighted by molar-refractivity contribution is -0.0435. The van der Waals surface area contributed by atoms with Crippen molar-refractivity contribution in [1.82, 2.24) is 0 Å². The zero-order chi connectivity index (χ0) is 22.0. The van der Waals surface area contributed by atoms with E-state index in [0.717, 1.165) is 19.3 Å². The van der Waals surface area contributed by atoms with Crippen LogP contribution in [0.4, 0.5) is 0 Å². The number of unbranched alkanes of at least 4 members (excludes halogenated alkanes) is 3. The van der Waals surface area contributed by atoms with Crippen LogP contribution in [0.2, 0.25) is 0 Å². The molecule has 168 valence electrons. The van der Waals surface area contributed by atoms with Crippen molar-refractivity contribution in [2.24, 2.45) is 4.15 Å². The van der Waals surface area contributed by atoms with Crippen molar-refractivity contribution in [3.63, 3.8) is 0 Å². The number of hydrogen-bond acceptors (Lipinski definition) is 7. The fraction of sp³-hybridized carbons (Fsp3) is 1.00. The van der Waals surface area contributed by atoms with Crippen molar-refractivity contribution in [3.05, 3.63) is 0 Å². The van der Waals surface area contributed by atoms with Gasteiger partial charge in [0.25, 0.3) is 10.0 Å². The summed E-state index contributed by atoms with van der Waals surface area (Å²) in [5.74, 6) is -0.0229. The van der Waals surface area contributed by atoms with Crippen molar-refractivity contribution in [2.75, 3.05) is 19.5 Å². The van der Waals surface area contributed by atoms with Gasteiger partial charge in [0.1, 0.15) is 26.2 Å². The van der Waals surface area contributed by atoms with Crippen molar-refractivity contribution in [1.29, 1.82) is 0 Å². The molecule has 0 aromatic carbocycles. The summed E-state index contributed by atoms with van der Waals surface area (Å²) in [6, 6.07) is -0.715. The van der Waals surface area contributed by atoms with Crippen molar-refractivity contribution in [3.8, 4) is 0 Å². The molecule has 2 radical (unpaired) electrons. The molecular formula is C18H36BNO7PS+. The number of hydrogen-bond donors (Lipinski definition) is 0. The summed E-state index contributed by atoms with van der Waals surface area (Å²) in [5, 5.41) is 0. The van der Waals surface area contributed by atoms with Gasteiger partial charge in [-0.1, -0.05) is 26.2 Å². The maximum Gasteiger partial charge on any atom is 0.577 e. The Bertz CT molecular complexity index is 603. The Morgan fingerprint density at radius 1 is 1.10 bits per heavy atom. The molecular weight excluding hydrogens is 416 g/mol. The lowest BCUT2D eigenvalue weighted by atomic mass is 9.93. The molecule has 5 atom stereocenters. The van der Waals surface area contributed by atoms with Gasteiger partial charge in [0.2, 0.25) is 0 Å². The molecule has 0 aromatic heterocycles. The molecule has 2 unspecified atom stereocenters. The molecule has 1 saturated heterocycles. The van der Waals surface area contributed by atoms with E-state index in [1.165, 1.54) is 7.11 Å². The SMILES string of the molecule is [B][C@@H]1O[C@H](COC(C)C)C(O[P+](=NS(=O)(=O)CCCCCC)OC(C)C)[C@@H]1OC. The maximum absolute atomic E-state index is 12.4. The number of rotatable bonds is 14. The minimum atomic E-state index is -3.67. The summed E-state index contributed by atoms with van der Waals surface area (Å²) in [6.07, 6.45) is 1.42. The second-order valence-corrected chi connectivity index (χ2v) is 10.7. The molecule has 0 N–H and O–H groups in total. The highest BCUT2D eigenvalue weighted by atomic mass is 32.2.